The number of carbonyl (C=O) groups is 2. The predicted molar refractivity (Wildman–Crippen MR) is 83.9 cm³/mol. The van der Waals surface area contributed by atoms with Crippen molar-refractivity contribution in [3.05, 3.63) is 33.8 Å². The van der Waals surface area contributed by atoms with Crippen molar-refractivity contribution in [2.24, 2.45) is 0 Å². The van der Waals surface area contributed by atoms with Gasteiger partial charge in [-0.05, 0) is 43.4 Å². The highest BCUT2D eigenvalue weighted by Crippen LogP contribution is 2.21. The van der Waals surface area contributed by atoms with Crippen LogP contribution in [0.5, 0.6) is 0 Å². The van der Waals surface area contributed by atoms with Crippen molar-refractivity contribution in [3.8, 4) is 0 Å². The first-order chi connectivity index (χ1) is 9.99. The molecule has 4 nitrogen and oxygen atoms in total. The lowest BCUT2D eigenvalue weighted by molar-refractivity contribution is -0.137. The standard InChI is InChI=1S/C15H19Cl2NO3/c16-12-8-7-11(13(17)10-12)4-3-9-18-14(19)5-1-2-6-15(20)21/h7-8,10H,1-6,9H2,(H,18,19)(H,20,21). The maximum atomic E-state index is 11.5. The Labute approximate surface area is 134 Å². The number of aliphatic carboxylic acids is 1. The summed E-state index contributed by atoms with van der Waals surface area (Å²) in [6, 6.07) is 5.39. The van der Waals surface area contributed by atoms with E-state index >= 15 is 0 Å². The zero-order chi connectivity index (χ0) is 15.7. The average molecular weight is 332 g/mol. The highest BCUT2D eigenvalue weighted by atomic mass is 35.5. The van der Waals surface area contributed by atoms with Gasteiger partial charge in [0.25, 0.3) is 0 Å². The molecular weight excluding hydrogens is 313 g/mol. The lowest BCUT2D eigenvalue weighted by atomic mass is 10.1. The molecule has 1 aromatic rings. The van der Waals surface area contributed by atoms with Gasteiger partial charge in [0.05, 0.1) is 0 Å². The van der Waals surface area contributed by atoms with Crippen molar-refractivity contribution < 1.29 is 14.7 Å². The Bertz CT molecular complexity index is 492. The minimum Gasteiger partial charge on any atom is -0.481 e. The molecule has 1 aromatic carbocycles. The summed E-state index contributed by atoms with van der Waals surface area (Å²) in [4.78, 5) is 21.8. The third-order valence-corrected chi connectivity index (χ3v) is 3.59. The fraction of sp³-hybridized carbons (Fsp3) is 0.467. The number of aryl methyl sites for hydroxylation is 1. The topological polar surface area (TPSA) is 66.4 Å². The van der Waals surface area contributed by atoms with Gasteiger partial charge in [-0.1, -0.05) is 29.3 Å². The molecule has 21 heavy (non-hydrogen) atoms. The molecule has 1 amide bonds. The highest BCUT2D eigenvalue weighted by molar-refractivity contribution is 6.35. The van der Waals surface area contributed by atoms with Crippen molar-refractivity contribution in [2.75, 3.05) is 6.54 Å². The van der Waals surface area contributed by atoms with Crippen LogP contribution >= 0.6 is 23.2 Å². The largest absolute Gasteiger partial charge is 0.481 e. The van der Waals surface area contributed by atoms with Crippen LogP contribution in [0.1, 0.15) is 37.7 Å². The number of amides is 1. The second-order valence-corrected chi connectivity index (χ2v) is 5.63. The quantitative estimate of drug-likeness (QED) is 0.678. The van der Waals surface area contributed by atoms with Crippen molar-refractivity contribution in [3.63, 3.8) is 0 Å². The van der Waals surface area contributed by atoms with Gasteiger partial charge in [0.2, 0.25) is 5.91 Å². The number of unbranched alkanes of at least 4 members (excludes halogenated alkanes) is 1. The second-order valence-electron chi connectivity index (χ2n) is 4.79. The first-order valence-corrected chi connectivity index (χ1v) is 7.67. The molecule has 0 unspecified atom stereocenters. The molecule has 0 bridgehead atoms. The summed E-state index contributed by atoms with van der Waals surface area (Å²) < 4.78 is 0. The lowest BCUT2D eigenvalue weighted by Crippen LogP contribution is -2.24. The summed E-state index contributed by atoms with van der Waals surface area (Å²) >= 11 is 11.9. The Morgan fingerprint density at radius 1 is 1.10 bits per heavy atom. The number of carboxylic acid groups (broad SMARTS) is 1. The number of rotatable bonds is 9. The summed E-state index contributed by atoms with van der Waals surface area (Å²) in [6.45, 7) is 0.580. The zero-order valence-electron chi connectivity index (χ0n) is 11.7. The Morgan fingerprint density at radius 2 is 1.81 bits per heavy atom. The third-order valence-electron chi connectivity index (χ3n) is 3.00. The summed E-state index contributed by atoms with van der Waals surface area (Å²) in [5.41, 5.74) is 1.01. The fourth-order valence-corrected chi connectivity index (χ4v) is 2.38. The lowest BCUT2D eigenvalue weighted by Gasteiger charge is -2.07. The molecule has 0 aromatic heterocycles. The maximum Gasteiger partial charge on any atom is 0.303 e. The molecule has 0 spiro atoms. The molecule has 0 aliphatic heterocycles. The first kappa shape index (κ1) is 17.8. The summed E-state index contributed by atoms with van der Waals surface area (Å²) in [5, 5.41) is 12.5. The molecule has 0 saturated heterocycles. The smallest absolute Gasteiger partial charge is 0.303 e. The van der Waals surface area contributed by atoms with Crippen molar-refractivity contribution in [1.82, 2.24) is 5.32 Å². The molecule has 116 valence electrons. The number of halogens is 2. The van der Waals surface area contributed by atoms with E-state index in [0.717, 1.165) is 18.4 Å². The molecule has 0 fully saturated rings. The van der Waals surface area contributed by atoms with E-state index in [1.165, 1.54) is 0 Å². The number of benzene rings is 1. The van der Waals surface area contributed by atoms with Gasteiger partial charge in [-0.15, -0.1) is 0 Å². The molecule has 1 rings (SSSR count). The highest BCUT2D eigenvalue weighted by Gasteiger charge is 2.04. The van der Waals surface area contributed by atoms with E-state index in [-0.39, 0.29) is 12.3 Å². The Kier molecular flexibility index (Phi) is 8.16. The van der Waals surface area contributed by atoms with Gasteiger partial charge in [-0.25, -0.2) is 0 Å². The minimum absolute atomic E-state index is 0.0393. The van der Waals surface area contributed by atoms with E-state index in [1.807, 2.05) is 6.07 Å². The van der Waals surface area contributed by atoms with Gasteiger partial charge < -0.3 is 10.4 Å². The normalized spacial score (nSPS) is 10.4. The second kappa shape index (κ2) is 9.64. The van der Waals surface area contributed by atoms with E-state index in [1.54, 1.807) is 12.1 Å². The van der Waals surface area contributed by atoms with Crippen LogP contribution < -0.4 is 5.32 Å². The predicted octanol–water partition coefficient (Wildman–Crippen LogP) is 3.69. The van der Waals surface area contributed by atoms with Crippen molar-refractivity contribution >= 4 is 35.1 Å². The van der Waals surface area contributed by atoms with Gasteiger partial charge >= 0.3 is 5.97 Å². The van der Waals surface area contributed by atoms with Crippen LogP contribution in [0.2, 0.25) is 10.0 Å². The maximum absolute atomic E-state index is 11.5. The summed E-state index contributed by atoms with van der Waals surface area (Å²) in [7, 11) is 0. The van der Waals surface area contributed by atoms with E-state index < -0.39 is 5.97 Å². The van der Waals surface area contributed by atoms with Gasteiger partial charge in [0, 0.05) is 29.4 Å². The molecule has 0 heterocycles. The number of hydrogen-bond acceptors (Lipinski definition) is 2. The van der Waals surface area contributed by atoms with Gasteiger partial charge in [0.1, 0.15) is 0 Å². The SMILES string of the molecule is O=C(O)CCCCC(=O)NCCCc1ccc(Cl)cc1Cl. The molecule has 2 N–H and O–H groups in total. The van der Waals surface area contributed by atoms with Crippen LogP contribution in [0.4, 0.5) is 0 Å². The van der Waals surface area contributed by atoms with Crippen molar-refractivity contribution in [2.45, 2.75) is 38.5 Å². The molecule has 0 aliphatic rings. The van der Waals surface area contributed by atoms with Crippen LogP contribution in [0.15, 0.2) is 18.2 Å². The Hall–Kier alpha value is -1.26. The number of nitrogens with one attached hydrogen (secondary N) is 1. The van der Waals surface area contributed by atoms with Crippen LogP contribution in [-0.2, 0) is 16.0 Å². The molecule has 0 radical (unpaired) electrons. The molecule has 0 aliphatic carbocycles. The third kappa shape index (κ3) is 7.93. The van der Waals surface area contributed by atoms with Crippen molar-refractivity contribution in [1.29, 1.82) is 0 Å². The molecule has 0 atom stereocenters. The fourth-order valence-electron chi connectivity index (χ4n) is 1.88. The first-order valence-electron chi connectivity index (χ1n) is 6.91. The van der Waals surface area contributed by atoms with E-state index in [2.05, 4.69) is 5.32 Å². The van der Waals surface area contributed by atoms with E-state index in [9.17, 15) is 9.59 Å². The number of hydrogen-bond donors (Lipinski definition) is 2. The molecule has 0 saturated carbocycles. The number of carboxylic acids is 1. The Balaban J connectivity index is 2.13. The number of carbonyl (C=O) groups excluding carboxylic acids is 1. The van der Waals surface area contributed by atoms with Gasteiger partial charge in [0.15, 0.2) is 0 Å². The van der Waals surface area contributed by atoms with E-state index in [0.29, 0.717) is 35.9 Å². The summed E-state index contributed by atoms with van der Waals surface area (Å²) in [6.07, 6.45) is 3.18. The van der Waals surface area contributed by atoms with Crippen LogP contribution in [0.25, 0.3) is 0 Å². The van der Waals surface area contributed by atoms with Crippen LogP contribution in [-0.4, -0.2) is 23.5 Å². The monoisotopic (exact) mass is 331 g/mol. The summed E-state index contributed by atoms with van der Waals surface area (Å²) in [5.74, 6) is -0.863. The molecule has 6 heteroatoms. The Morgan fingerprint density at radius 3 is 2.48 bits per heavy atom. The van der Waals surface area contributed by atoms with E-state index in [4.69, 9.17) is 28.3 Å². The average Bonchev–Trinajstić information content (AvgIpc) is 2.41. The zero-order valence-corrected chi connectivity index (χ0v) is 13.2. The van der Waals surface area contributed by atoms with Gasteiger partial charge in [-0.2, -0.15) is 0 Å². The molecular formula is C15H19Cl2NO3. The minimum atomic E-state index is -0.824. The van der Waals surface area contributed by atoms with Crippen LogP contribution in [0.3, 0.4) is 0 Å². The van der Waals surface area contributed by atoms with Crippen LogP contribution in [0, 0.1) is 0 Å². The van der Waals surface area contributed by atoms with Gasteiger partial charge in [-0.3, -0.25) is 9.59 Å².